The number of fused-ring (bicyclic) bond motifs is 1. The summed E-state index contributed by atoms with van der Waals surface area (Å²) in [6.45, 7) is 3.68. The van der Waals surface area contributed by atoms with Crippen LogP contribution in [0.3, 0.4) is 0 Å². The summed E-state index contributed by atoms with van der Waals surface area (Å²) in [5.74, 6) is -0.120. The van der Waals surface area contributed by atoms with Crippen molar-refractivity contribution in [1.82, 2.24) is 9.29 Å². The Morgan fingerprint density at radius 1 is 1.15 bits per heavy atom. The molecule has 0 bridgehead atoms. The molecule has 138 valence electrons. The predicted molar refractivity (Wildman–Crippen MR) is 101 cm³/mol. The van der Waals surface area contributed by atoms with Gasteiger partial charge in [0.2, 0.25) is 10.0 Å². The van der Waals surface area contributed by atoms with Gasteiger partial charge in [-0.3, -0.25) is 4.79 Å². The Morgan fingerprint density at radius 2 is 1.92 bits per heavy atom. The van der Waals surface area contributed by atoms with Crippen LogP contribution >= 0.6 is 11.3 Å². The van der Waals surface area contributed by atoms with E-state index in [0.717, 1.165) is 41.9 Å². The number of hydrogen-bond acceptors (Lipinski definition) is 5. The van der Waals surface area contributed by atoms with Gasteiger partial charge in [-0.2, -0.15) is 4.31 Å². The van der Waals surface area contributed by atoms with E-state index in [2.05, 4.69) is 4.98 Å². The van der Waals surface area contributed by atoms with Gasteiger partial charge in [0.05, 0.1) is 9.90 Å². The van der Waals surface area contributed by atoms with Crippen molar-refractivity contribution in [2.45, 2.75) is 37.5 Å². The lowest BCUT2D eigenvalue weighted by Gasteiger charge is -2.29. The monoisotopic (exact) mass is 391 g/mol. The standard InChI is InChI=1S/C18H21N3O3S2/c1-13-19-16(12-25-13)18(22)21-10-4-5-14-11-15(6-7-17(14)21)26(23,24)20-8-2-3-9-20/h6-7,11-12H,2-5,8-10H2,1H3. The van der Waals surface area contributed by atoms with E-state index >= 15 is 0 Å². The van der Waals surface area contributed by atoms with Crippen LogP contribution in [0.15, 0.2) is 28.5 Å². The fourth-order valence-electron chi connectivity index (χ4n) is 3.62. The third-order valence-electron chi connectivity index (χ3n) is 4.96. The Bertz CT molecular complexity index is 946. The lowest BCUT2D eigenvalue weighted by molar-refractivity contribution is 0.0981. The van der Waals surface area contributed by atoms with Crippen molar-refractivity contribution in [1.29, 1.82) is 0 Å². The Morgan fingerprint density at radius 3 is 2.62 bits per heavy atom. The summed E-state index contributed by atoms with van der Waals surface area (Å²) in [6.07, 6.45) is 3.42. The molecule has 1 aromatic heterocycles. The quantitative estimate of drug-likeness (QED) is 0.807. The summed E-state index contributed by atoms with van der Waals surface area (Å²) in [5, 5.41) is 2.63. The van der Waals surface area contributed by atoms with Crippen LogP contribution in [0.5, 0.6) is 0 Å². The fourth-order valence-corrected chi connectivity index (χ4v) is 5.78. The molecule has 1 saturated heterocycles. The van der Waals surface area contributed by atoms with Crippen molar-refractivity contribution < 1.29 is 13.2 Å². The number of thiazole rings is 1. The minimum Gasteiger partial charge on any atom is -0.307 e. The number of rotatable bonds is 3. The smallest absolute Gasteiger partial charge is 0.277 e. The summed E-state index contributed by atoms with van der Waals surface area (Å²) in [6, 6.07) is 5.15. The third-order valence-corrected chi connectivity index (χ3v) is 7.62. The lowest BCUT2D eigenvalue weighted by atomic mass is 10.0. The highest BCUT2D eigenvalue weighted by atomic mass is 32.2. The minimum atomic E-state index is -3.44. The van der Waals surface area contributed by atoms with E-state index in [0.29, 0.717) is 30.2 Å². The molecule has 0 spiro atoms. The van der Waals surface area contributed by atoms with E-state index in [1.165, 1.54) is 11.3 Å². The van der Waals surface area contributed by atoms with Gasteiger partial charge in [-0.25, -0.2) is 13.4 Å². The highest BCUT2D eigenvalue weighted by Gasteiger charge is 2.30. The van der Waals surface area contributed by atoms with Gasteiger partial charge >= 0.3 is 0 Å². The van der Waals surface area contributed by atoms with Crippen molar-refractivity contribution in [3.05, 3.63) is 39.8 Å². The first kappa shape index (κ1) is 17.6. The molecule has 0 radical (unpaired) electrons. The molecule has 0 aliphatic carbocycles. The van der Waals surface area contributed by atoms with Crippen LogP contribution in [0.1, 0.15) is 40.3 Å². The molecule has 1 fully saturated rings. The average molecular weight is 392 g/mol. The lowest BCUT2D eigenvalue weighted by Crippen LogP contribution is -2.36. The first-order chi connectivity index (χ1) is 12.5. The van der Waals surface area contributed by atoms with Gasteiger partial charge in [-0.05, 0) is 56.4 Å². The molecular weight excluding hydrogens is 370 g/mol. The largest absolute Gasteiger partial charge is 0.307 e. The Hall–Kier alpha value is -1.77. The Labute approximate surface area is 157 Å². The second-order valence-corrected chi connectivity index (χ2v) is 9.71. The number of nitrogens with zero attached hydrogens (tertiary/aromatic N) is 3. The zero-order chi connectivity index (χ0) is 18.3. The number of amides is 1. The molecule has 2 aromatic rings. The zero-order valence-electron chi connectivity index (χ0n) is 14.6. The normalized spacial score (nSPS) is 18.1. The molecule has 0 N–H and O–H groups in total. The number of benzene rings is 1. The van der Waals surface area contributed by atoms with Gasteiger partial charge in [0.1, 0.15) is 5.69 Å². The number of carbonyl (C=O) groups is 1. The number of anilines is 1. The average Bonchev–Trinajstić information content (AvgIpc) is 3.32. The van der Waals surface area contributed by atoms with E-state index in [-0.39, 0.29) is 5.91 Å². The highest BCUT2D eigenvalue weighted by Crippen LogP contribution is 2.32. The van der Waals surface area contributed by atoms with Crippen molar-refractivity contribution in [2.24, 2.45) is 0 Å². The van der Waals surface area contributed by atoms with E-state index in [1.807, 2.05) is 6.92 Å². The van der Waals surface area contributed by atoms with Crippen LogP contribution in [0.25, 0.3) is 0 Å². The Balaban J connectivity index is 1.67. The van der Waals surface area contributed by atoms with Gasteiger partial charge in [0.25, 0.3) is 5.91 Å². The molecule has 0 saturated carbocycles. The second-order valence-electron chi connectivity index (χ2n) is 6.71. The summed E-state index contributed by atoms with van der Waals surface area (Å²) in [5.41, 5.74) is 2.17. The third kappa shape index (κ3) is 3.06. The molecule has 2 aliphatic heterocycles. The number of aromatic nitrogens is 1. The first-order valence-electron chi connectivity index (χ1n) is 8.84. The maximum Gasteiger partial charge on any atom is 0.277 e. The number of hydrogen-bond donors (Lipinski definition) is 0. The Kier molecular flexibility index (Phi) is 4.58. The van der Waals surface area contributed by atoms with Crippen molar-refractivity contribution in [3.63, 3.8) is 0 Å². The predicted octanol–water partition coefficient (Wildman–Crippen LogP) is 2.83. The summed E-state index contributed by atoms with van der Waals surface area (Å²) in [4.78, 5) is 19.2. The highest BCUT2D eigenvalue weighted by molar-refractivity contribution is 7.89. The molecule has 8 heteroatoms. The van der Waals surface area contributed by atoms with E-state index in [4.69, 9.17) is 0 Å². The van der Waals surface area contributed by atoms with Crippen LogP contribution in [0, 0.1) is 6.92 Å². The molecule has 3 heterocycles. The second kappa shape index (κ2) is 6.75. The van der Waals surface area contributed by atoms with E-state index in [9.17, 15) is 13.2 Å². The van der Waals surface area contributed by atoms with Gasteiger partial charge < -0.3 is 4.90 Å². The molecule has 0 atom stereocenters. The van der Waals surface area contributed by atoms with Crippen LogP contribution in [0.4, 0.5) is 5.69 Å². The van der Waals surface area contributed by atoms with E-state index in [1.54, 1.807) is 32.8 Å². The van der Waals surface area contributed by atoms with Crippen LogP contribution in [-0.2, 0) is 16.4 Å². The van der Waals surface area contributed by atoms with Gasteiger partial charge in [-0.1, -0.05) is 0 Å². The molecule has 0 unspecified atom stereocenters. The molecular formula is C18H21N3O3S2. The van der Waals surface area contributed by atoms with E-state index < -0.39 is 10.0 Å². The molecule has 4 rings (SSSR count). The fraction of sp³-hybridized carbons (Fsp3) is 0.444. The topological polar surface area (TPSA) is 70.6 Å². The van der Waals surface area contributed by atoms with Crippen molar-refractivity contribution >= 4 is 33.0 Å². The van der Waals surface area contributed by atoms with Gasteiger partial charge in [0.15, 0.2) is 0 Å². The molecule has 1 aromatic carbocycles. The van der Waals surface area contributed by atoms with Crippen molar-refractivity contribution in [2.75, 3.05) is 24.5 Å². The number of aryl methyl sites for hydroxylation is 2. The van der Waals surface area contributed by atoms with Gasteiger partial charge in [0, 0.05) is 30.7 Å². The number of carbonyl (C=O) groups excluding carboxylic acids is 1. The van der Waals surface area contributed by atoms with Crippen molar-refractivity contribution in [3.8, 4) is 0 Å². The summed E-state index contributed by atoms with van der Waals surface area (Å²) in [7, 11) is -3.44. The van der Waals surface area contributed by atoms with Gasteiger partial charge in [-0.15, -0.1) is 11.3 Å². The molecule has 1 amide bonds. The van der Waals surface area contributed by atoms with Crippen LogP contribution in [-0.4, -0.2) is 43.2 Å². The summed E-state index contributed by atoms with van der Waals surface area (Å²) < 4.78 is 27.1. The molecule has 26 heavy (non-hydrogen) atoms. The maximum atomic E-state index is 12.8. The first-order valence-corrected chi connectivity index (χ1v) is 11.2. The van der Waals surface area contributed by atoms with Crippen LogP contribution in [0.2, 0.25) is 0 Å². The number of sulfonamides is 1. The minimum absolute atomic E-state index is 0.120. The zero-order valence-corrected chi connectivity index (χ0v) is 16.3. The molecule has 2 aliphatic rings. The maximum absolute atomic E-state index is 12.8. The molecule has 6 nitrogen and oxygen atoms in total. The summed E-state index contributed by atoms with van der Waals surface area (Å²) >= 11 is 1.45. The SMILES string of the molecule is Cc1nc(C(=O)N2CCCc3cc(S(=O)(=O)N4CCCC4)ccc32)cs1. The van der Waals surface area contributed by atoms with Crippen LogP contribution < -0.4 is 4.90 Å².